The van der Waals surface area contributed by atoms with Crippen molar-refractivity contribution in [3.63, 3.8) is 0 Å². The first-order chi connectivity index (χ1) is 14.0. The maximum absolute atomic E-state index is 12.8. The van der Waals surface area contributed by atoms with Crippen molar-refractivity contribution in [3.05, 3.63) is 29.3 Å². The van der Waals surface area contributed by atoms with Crippen molar-refractivity contribution in [1.29, 1.82) is 0 Å². The zero-order valence-electron chi connectivity index (χ0n) is 16.6. The summed E-state index contributed by atoms with van der Waals surface area (Å²) in [6, 6.07) is 6.77. The average molecular weight is 420 g/mol. The molecular weight excluding hydrogens is 394 g/mol. The van der Waals surface area contributed by atoms with Crippen molar-refractivity contribution >= 4 is 39.5 Å². The van der Waals surface area contributed by atoms with Gasteiger partial charge in [-0.05, 0) is 31.4 Å². The van der Waals surface area contributed by atoms with Crippen LogP contribution in [-0.4, -0.2) is 61.2 Å². The zero-order valence-corrected chi connectivity index (χ0v) is 17.4. The lowest BCUT2D eigenvalue weighted by atomic mass is 9.99. The van der Waals surface area contributed by atoms with Crippen molar-refractivity contribution in [3.8, 4) is 0 Å². The Bertz CT molecular complexity index is 851. The molecule has 0 saturated carbocycles. The van der Waals surface area contributed by atoms with Crippen LogP contribution < -0.4 is 5.32 Å². The number of thiazole rings is 1. The number of para-hydroxylation sites is 1. The molecule has 0 radical (unpaired) electrons. The lowest BCUT2D eigenvalue weighted by Gasteiger charge is -2.32. The molecule has 0 unspecified atom stereocenters. The van der Waals surface area contributed by atoms with Crippen LogP contribution in [0.4, 0.5) is 4.79 Å². The van der Waals surface area contributed by atoms with E-state index in [1.54, 1.807) is 16.2 Å². The van der Waals surface area contributed by atoms with E-state index in [0.717, 1.165) is 28.1 Å². The van der Waals surface area contributed by atoms with Gasteiger partial charge in [-0.3, -0.25) is 4.79 Å². The second-order valence-corrected chi connectivity index (χ2v) is 8.01. The minimum atomic E-state index is -0.894. The van der Waals surface area contributed by atoms with Gasteiger partial charge in [-0.15, -0.1) is 11.3 Å². The number of likely N-dealkylation sites (tertiary alicyclic amines) is 1. The van der Waals surface area contributed by atoms with Gasteiger partial charge >= 0.3 is 18.0 Å². The van der Waals surface area contributed by atoms with Gasteiger partial charge in [0.2, 0.25) is 0 Å². The van der Waals surface area contributed by atoms with Gasteiger partial charge < -0.3 is 19.7 Å². The van der Waals surface area contributed by atoms with E-state index >= 15 is 0 Å². The molecule has 1 fully saturated rings. The second-order valence-electron chi connectivity index (χ2n) is 6.95. The molecule has 8 nitrogen and oxygen atoms in total. The third-order valence-corrected chi connectivity index (χ3v) is 6.22. The minimum Gasteiger partial charge on any atom is -0.469 e. The quantitative estimate of drug-likeness (QED) is 0.723. The smallest absolute Gasteiger partial charge is 0.328 e. The summed E-state index contributed by atoms with van der Waals surface area (Å²) in [6.07, 6.45) is 1.97. The minimum absolute atomic E-state index is 0.0187. The number of fused-ring (bicyclic) bond motifs is 1. The van der Waals surface area contributed by atoms with E-state index in [2.05, 4.69) is 10.1 Å². The van der Waals surface area contributed by atoms with Crippen LogP contribution in [0.25, 0.3) is 10.2 Å². The van der Waals surface area contributed by atoms with Gasteiger partial charge in [0.05, 0.1) is 29.4 Å². The number of nitrogens with one attached hydrogen (secondary N) is 1. The van der Waals surface area contributed by atoms with E-state index < -0.39 is 18.0 Å². The number of carbonyl (C=O) groups is 3. The Labute approximate surface area is 173 Å². The molecule has 0 bridgehead atoms. The number of ether oxygens (including phenoxy) is 2. The highest BCUT2D eigenvalue weighted by atomic mass is 32.1. The summed E-state index contributed by atoms with van der Waals surface area (Å²) in [5, 5.41) is 3.73. The molecule has 3 rings (SSSR count). The van der Waals surface area contributed by atoms with Gasteiger partial charge in [-0.1, -0.05) is 12.1 Å². The number of carbonyl (C=O) groups excluding carboxylic acids is 3. The Morgan fingerprint density at radius 1 is 1.28 bits per heavy atom. The molecule has 0 spiro atoms. The molecule has 2 amide bonds. The maximum atomic E-state index is 12.8. The molecule has 1 aromatic heterocycles. The van der Waals surface area contributed by atoms with Crippen molar-refractivity contribution in [1.82, 2.24) is 15.2 Å². The Hall–Kier alpha value is -2.68. The van der Waals surface area contributed by atoms with E-state index in [0.29, 0.717) is 13.1 Å². The topological polar surface area (TPSA) is 97.8 Å². The first-order valence-electron chi connectivity index (χ1n) is 9.57. The highest BCUT2D eigenvalue weighted by molar-refractivity contribution is 7.18. The predicted molar refractivity (Wildman–Crippen MR) is 109 cm³/mol. The van der Waals surface area contributed by atoms with Crippen LogP contribution in [0.1, 0.15) is 36.6 Å². The molecule has 1 aromatic carbocycles. The van der Waals surface area contributed by atoms with Crippen LogP contribution in [0.5, 0.6) is 0 Å². The second kappa shape index (κ2) is 9.69. The summed E-state index contributed by atoms with van der Waals surface area (Å²) in [7, 11) is 2.54. The van der Waals surface area contributed by atoms with Crippen LogP contribution in [-0.2, 0) is 19.1 Å². The van der Waals surface area contributed by atoms with Crippen molar-refractivity contribution in [2.45, 2.75) is 37.6 Å². The number of hydrogen-bond acceptors (Lipinski definition) is 7. The molecule has 2 aromatic rings. The number of nitrogens with zero attached hydrogens (tertiary/aromatic N) is 2. The molecule has 1 aliphatic heterocycles. The van der Waals surface area contributed by atoms with Crippen LogP contribution >= 0.6 is 11.3 Å². The number of esters is 2. The van der Waals surface area contributed by atoms with E-state index in [1.807, 2.05) is 24.3 Å². The number of rotatable bonds is 6. The lowest BCUT2D eigenvalue weighted by molar-refractivity contribution is -0.144. The van der Waals surface area contributed by atoms with Crippen molar-refractivity contribution in [2.24, 2.45) is 0 Å². The standard InChI is InChI=1S/C20H25N3O5S/c1-27-17(24)10-9-15(19(25)28-2)22-20(26)23-11-5-6-13(12-23)18-21-14-7-3-4-8-16(14)29-18/h3-4,7-8,13,15H,5-6,9-12H2,1-2H3,(H,22,26)/t13-,15+/m1/s1. The van der Waals surface area contributed by atoms with Crippen LogP contribution in [0.15, 0.2) is 24.3 Å². The molecule has 1 N–H and O–H groups in total. The van der Waals surface area contributed by atoms with E-state index in [4.69, 9.17) is 9.72 Å². The summed E-state index contributed by atoms with van der Waals surface area (Å²) in [4.78, 5) is 42.6. The maximum Gasteiger partial charge on any atom is 0.328 e. The van der Waals surface area contributed by atoms with E-state index in [-0.39, 0.29) is 24.8 Å². The fourth-order valence-corrected chi connectivity index (χ4v) is 4.52. The van der Waals surface area contributed by atoms with Crippen LogP contribution in [0, 0.1) is 0 Å². The largest absolute Gasteiger partial charge is 0.469 e. The molecule has 0 aliphatic carbocycles. The van der Waals surface area contributed by atoms with Gasteiger partial charge in [-0.25, -0.2) is 14.6 Å². The highest BCUT2D eigenvalue weighted by Crippen LogP contribution is 2.32. The van der Waals surface area contributed by atoms with Gasteiger partial charge in [0.15, 0.2) is 0 Å². The molecule has 1 saturated heterocycles. The fourth-order valence-electron chi connectivity index (χ4n) is 3.42. The molecule has 9 heteroatoms. The van der Waals surface area contributed by atoms with Gasteiger partial charge in [0.1, 0.15) is 6.04 Å². The Kier molecular flexibility index (Phi) is 7.03. The Morgan fingerprint density at radius 2 is 2.07 bits per heavy atom. The number of aromatic nitrogens is 1. The normalized spacial score (nSPS) is 17.6. The molecule has 29 heavy (non-hydrogen) atoms. The average Bonchev–Trinajstić information content (AvgIpc) is 3.20. The third-order valence-electron chi connectivity index (χ3n) is 5.02. The number of methoxy groups -OCH3 is 2. The lowest BCUT2D eigenvalue weighted by Crippen LogP contribution is -2.50. The number of hydrogen-bond donors (Lipinski definition) is 1. The molecule has 2 atom stereocenters. The number of amides is 2. The zero-order chi connectivity index (χ0) is 20.8. The first-order valence-corrected chi connectivity index (χ1v) is 10.4. The molecule has 156 valence electrons. The van der Waals surface area contributed by atoms with Crippen molar-refractivity contribution < 1.29 is 23.9 Å². The summed E-state index contributed by atoms with van der Waals surface area (Å²) >= 11 is 1.66. The van der Waals surface area contributed by atoms with Gasteiger partial charge in [0.25, 0.3) is 0 Å². The van der Waals surface area contributed by atoms with Gasteiger partial charge in [-0.2, -0.15) is 0 Å². The SMILES string of the molecule is COC(=O)CC[C@H](NC(=O)N1CCC[C@@H](c2nc3ccccc3s2)C1)C(=O)OC. The number of benzene rings is 1. The number of urea groups is 1. The summed E-state index contributed by atoms with van der Waals surface area (Å²) in [6.45, 7) is 1.15. The van der Waals surface area contributed by atoms with E-state index in [9.17, 15) is 14.4 Å². The van der Waals surface area contributed by atoms with E-state index in [1.165, 1.54) is 14.2 Å². The first kappa shape index (κ1) is 21.0. The predicted octanol–water partition coefficient (Wildman–Crippen LogP) is 2.68. The van der Waals surface area contributed by atoms with Crippen molar-refractivity contribution in [2.75, 3.05) is 27.3 Å². The summed E-state index contributed by atoms with van der Waals surface area (Å²) in [5.74, 6) is -0.859. The van der Waals surface area contributed by atoms with Crippen LogP contribution in [0.3, 0.4) is 0 Å². The molecular formula is C20H25N3O5S. The van der Waals surface area contributed by atoms with Gasteiger partial charge in [0, 0.05) is 25.4 Å². The molecule has 2 heterocycles. The summed E-state index contributed by atoms with van der Waals surface area (Å²) in [5.41, 5.74) is 0.975. The monoisotopic (exact) mass is 419 g/mol. The fraction of sp³-hybridized carbons (Fsp3) is 0.500. The number of piperidine rings is 1. The summed E-state index contributed by atoms with van der Waals surface area (Å²) < 4.78 is 10.5. The Balaban J connectivity index is 1.64. The third kappa shape index (κ3) is 5.23. The molecule has 1 aliphatic rings. The highest BCUT2D eigenvalue weighted by Gasteiger charge is 2.30. The van der Waals surface area contributed by atoms with Crippen LogP contribution in [0.2, 0.25) is 0 Å². The Morgan fingerprint density at radius 3 is 2.79 bits per heavy atom.